The molecule has 38 heavy (non-hydrogen) atoms. The van der Waals surface area contributed by atoms with Crippen molar-refractivity contribution in [1.29, 1.82) is 0 Å². The summed E-state index contributed by atoms with van der Waals surface area (Å²) in [4.78, 5) is 37.5. The predicted molar refractivity (Wildman–Crippen MR) is 147 cm³/mol. The van der Waals surface area contributed by atoms with E-state index in [0.29, 0.717) is 62.3 Å². The molecule has 4 rings (SSSR count). The molecule has 0 atom stereocenters. The zero-order chi connectivity index (χ0) is 27.6. The number of nitrogens with one attached hydrogen (secondary N) is 2. The second-order valence-corrected chi connectivity index (χ2v) is 8.95. The number of aromatic nitrogens is 1. The molecular weight excluding hydrogens is 485 g/mol. The molecule has 0 saturated heterocycles. The van der Waals surface area contributed by atoms with Crippen LogP contribution in [0.4, 0.5) is 10.1 Å². The Morgan fingerprint density at radius 3 is 2.39 bits per heavy atom. The van der Waals surface area contributed by atoms with E-state index in [0.717, 1.165) is 0 Å². The topological polar surface area (TPSA) is 89.4 Å². The highest BCUT2D eigenvalue weighted by molar-refractivity contribution is 6.04. The third kappa shape index (κ3) is 5.20. The lowest BCUT2D eigenvalue weighted by molar-refractivity contribution is -0.111. The monoisotopic (exact) mass is 513 g/mol. The fourth-order valence-electron chi connectivity index (χ4n) is 4.36. The van der Waals surface area contributed by atoms with E-state index in [9.17, 15) is 18.8 Å². The van der Waals surface area contributed by atoms with Crippen LogP contribution in [0.1, 0.15) is 28.4 Å². The highest BCUT2D eigenvalue weighted by atomic mass is 19.1. The number of hydrogen-bond acceptors (Lipinski definition) is 4. The Labute approximate surface area is 219 Å². The predicted octanol–water partition coefficient (Wildman–Crippen LogP) is 5.63. The van der Waals surface area contributed by atoms with Gasteiger partial charge in [-0.05, 0) is 85.8 Å². The Balaban J connectivity index is 1.96. The summed E-state index contributed by atoms with van der Waals surface area (Å²) >= 11 is 0. The molecule has 194 valence electrons. The van der Waals surface area contributed by atoms with E-state index in [-0.39, 0.29) is 23.2 Å². The van der Waals surface area contributed by atoms with Crippen molar-refractivity contribution in [3.63, 3.8) is 0 Å². The molecule has 0 aliphatic heterocycles. The first-order chi connectivity index (χ1) is 18.1. The van der Waals surface area contributed by atoms with Gasteiger partial charge in [-0.2, -0.15) is 0 Å². The van der Waals surface area contributed by atoms with Crippen LogP contribution in [0, 0.1) is 19.7 Å². The van der Waals surface area contributed by atoms with Crippen molar-refractivity contribution in [2.24, 2.45) is 7.05 Å². The van der Waals surface area contributed by atoms with Gasteiger partial charge in [0.1, 0.15) is 17.3 Å². The Kier molecular flexibility index (Phi) is 7.43. The Hall–Kier alpha value is -4.72. The van der Waals surface area contributed by atoms with E-state index in [1.165, 1.54) is 22.8 Å². The summed E-state index contributed by atoms with van der Waals surface area (Å²) in [5.74, 6) is -0.0774. The number of anilines is 1. The molecule has 2 N–H and O–H groups in total. The minimum Gasteiger partial charge on any atom is -0.456 e. The molecule has 3 aromatic carbocycles. The minimum atomic E-state index is -0.383. The van der Waals surface area contributed by atoms with E-state index in [1.54, 1.807) is 63.5 Å². The Morgan fingerprint density at radius 1 is 1.03 bits per heavy atom. The number of fused-ring (bicyclic) bond motifs is 1. The fourth-order valence-corrected chi connectivity index (χ4v) is 4.36. The summed E-state index contributed by atoms with van der Waals surface area (Å²) in [6, 6.07) is 12.9. The zero-order valence-electron chi connectivity index (χ0n) is 21.6. The molecule has 7 nitrogen and oxygen atoms in total. The third-order valence-corrected chi connectivity index (χ3v) is 6.14. The molecule has 2 amide bonds. The van der Waals surface area contributed by atoms with Crippen molar-refractivity contribution < 1.29 is 18.7 Å². The van der Waals surface area contributed by atoms with Gasteiger partial charge in [0, 0.05) is 47.6 Å². The molecule has 0 radical (unpaired) electrons. The molecule has 0 unspecified atom stereocenters. The maximum atomic E-state index is 13.9. The van der Waals surface area contributed by atoms with Crippen LogP contribution in [-0.4, -0.2) is 22.9 Å². The fraction of sp³-hybridized carbons (Fsp3) is 0.167. The second kappa shape index (κ2) is 10.7. The van der Waals surface area contributed by atoms with Crippen LogP contribution >= 0.6 is 0 Å². The van der Waals surface area contributed by atoms with Crippen LogP contribution in [0.2, 0.25) is 0 Å². The van der Waals surface area contributed by atoms with Gasteiger partial charge in [0.05, 0.1) is 0 Å². The molecule has 1 aromatic heterocycles. The van der Waals surface area contributed by atoms with Gasteiger partial charge in [-0.15, -0.1) is 0 Å². The molecular formula is C30H28FN3O4. The molecule has 0 spiro atoms. The number of pyridine rings is 1. The van der Waals surface area contributed by atoms with Crippen LogP contribution in [0.25, 0.3) is 21.9 Å². The highest BCUT2D eigenvalue weighted by Crippen LogP contribution is 2.40. The van der Waals surface area contributed by atoms with Gasteiger partial charge in [-0.25, -0.2) is 4.39 Å². The largest absolute Gasteiger partial charge is 0.456 e. The van der Waals surface area contributed by atoms with E-state index < -0.39 is 0 Å². The summed E-state index contributed by atoms with van der Waals surface area (Å²) in [6.07, 6.45) is 2.85. The first-order valence-corrected chi connectivity index (χ1v) is 12.1. The number of aryl methyl sites for hydroxylation is 3. The Bertz CT molecular complexity index is 1630. The number of hydrogen-bond donors (Lipinski definition) is 2. The molecule has 1 heterocycles. The van der Waals surface area contributed by atoms with Crippen LogP contribution < -0.4 is 20.9 Å². The number of ether oxygens (including phenoxy) is 1. The van der Waals surface area contributed by atoms with Crippen molar-refractivity contribution in [2.75, 3.05) is 11.9 Å². The average molecular weight is 514 g/mol. The van der Waals surface area contributed by atoms with E-state index in [4.69, 9.17) is 4.74 Å². The lowest BCUT2D eigenvalue weighted by Gasteiger charge is -2.18. The SMILES string of the molecule is C=CC(=O)Nc1ccc(Oc2c(C)cc(F)cc2C)c(-c2cn(C)c(=O)c3cc(C(=O)NCC)ccc23)c1. The quantitative estimate of drug-likeness (QED) is 0.314. The van der Waals surface area contributed by atoms with Crippen molar-refractivity contribution >= 4 is 28.3 Å². The molecule has 0 saturated carbocycles. The standard InChI is InChI=1S/C30H28FN3O4/c1-6-27(35)33-21-9-11-26(38-28-17(3)12-20(31)13-18(28)4)23(15-21)25-16-34(5)30(37)24-14-19(8-10-22(24)25)29(36)32-7-2/h6,8-16H,1,7H2,2-5H3,(H,32,36)(H,33,35). The molecule has 0 aliphatic carbocycles. The first-order valence-electron chi connectivity index (χ1n) is 12.1. The van der Waals surface area contributed by atoms with Crippen LogP contribution in [0.3, 0.4) is 0 Å². The number of carbonyl (C=O) groups excluding carboxylic acids is 2. The van der Waals surface area contributed by atoms with Gasteiger partial charge in [0.15, 0.2) is 0 Å². The first kappa shape index (κ1) is 26.3. The summed E-state index contributed by atoms with van der Waals surface area (Å²) in [5, 5.41) is 6.46. The minimum absolute atomic E-state index is 0.265. The number of rotatable bonds is 7. The smallest absolute Gasteiger partial charge is 0.258 e. The van der Waals surface area contributed by atoms with Crippen LogP contribution in [0.5, 0.6) is 11.5 Å². The van der Waals surface area contributed by atoms with Crippen LogP contribution in [-0.2, 0) is 11.8 Å². The maximum absolute atomic E-state index is 13.9. The maximum Gasteiger partial charge on any atom is 0.258 e. The van der Waals surface area contributed by atoms with E-state index in [1.807, 2.05) is 6.92 Å². The van der Waals surface area contributed by atoms with Gasteiger partial charge in [-0.3, -0.25) is 14.4 Å². The molecule has 0 fully saturated rings. The van der Waals surface area contributed by atoms with Crippen molar-refractivity contribution in [1.82, 2.24) is 9.88 Å². The molecule has 0 bridgehead atoms. The lowest BCUT2D eigenvalue weighted by Crippen LogP contribution is -2.23. The van der Waals surface area contributed by atoms with Crippen LogP contribution in [0.15, 0.2) is 72.2 Å². The normalized spacial score (nSPS) is 10.8. The highest BCUT2D eigenvalue weighted by Gasteiger charge is 2.18. The van der Waals surface area contributed by atoms with Gasteiger partial charge in [0.25, 0.3) is 11.5 Å². The summed E-state index contributed by atoms with van der Waals surface area (Å²) < 4.78 is 21.7. The van der Waals surface area contributed by atoms with Gasteiger partial charge < -0.3 is 19.9 Å². The number of carbonyl (C=O) groups is 2. The number of halogens is 1. The van der Waals surface area contributed by atoms with E-state index in [2.05, 4.69) is 17.2 Å². The Morgan fingerprint density at radius 2 is 1.74 bits per heavy atom. The van der Waals surface area contributed by atoms with Crippen molar-refractivity contribution in [3.8, 4) is 22.6 Å². The van der Waals surface area contributed by atoms with Gasteiger partial charge in [-0.1, -0.05) is 12.6 Å². The second-order valence-electron chi connectivity index (χ2n) is 8.95. The average Bonchev–Trinajstić information content (AvgIpc) is 2.88. The number of nitrogens with zero attached hydrogens (tertiary/aromatic N) is 1. The molecule has 4 aromatic rings. The third-order valence-electron chi connectivity index (χ3n) is 6.14. The van der Waals surface area contributed by atoms with Gasteiger partial charge in [0.2, 0.25) is 5.91 Å². The molecule has 8 heteroatoms. The number of benzene rings is 3. The lowest BCUT2D eigenvalue weighted by atomic mass is 9.97. The summed E-state index contributed by atoms with van der Waals surface area (Å²) in [5.41, 5.74) is 3.07. The van der Waals surface area contributed by atoms with Crippen molar-refractivity contribution in [3.05, 3.63) is 100 Å². The summed E-state index contributed by atoms with van der Waals surface area (Å²) in [7, 11) is 1.63. The van der Waals surface area contributed by atoms with E-state index >= 15 is 0 Å². The summed E-state index contributed by atoms with van der Waals surface area (Å²) in [6.45, 7) is 9.29. The zero-order valence-corrected chi connectivity index (χ0v) is 21.6. The van der Waals surface area contributed by atoms with Crippen molar-refractivity contribution in [2.45, 2.75) is 20.8 Å². The number of amides is 2. The van der Waals surface area contributed by atoms with Gasteiger partial charge >= 0.3 is 0 Å². The molecule has 0 aliphatic rings.